The second-order valence-corrected chi connectivity index (χ2v) is 5.02. The Morgan fingerprint density at radius 1 is 1.43 bits per heavy atom. The minimum absolute atomic E-state index is 0.107. The molecule has 0 fully saturated rings. The number of nitrogens with two attached hydrogens (primary N) is 1. The van der Waals surface area contributed by atoms with Gasteiger partial charge in [0, 0.05) is 12.2 Å². The van der Waals surface area contributed by atoms with Crippen LogP contribution in [0, 0.1) is 11.3 Å². The number of carbonyl (C=O) groups excluding carboxylic acids is 1. The predicted octanol–water partition coefficient (Wildman–Crippen LogP) is 1.43. The van der Waals surface area contributed by atoms with Crippen LogP contribution in [0.1, 0.15) is 6.42 Å². The molecule has 0 aliphatic heterocycles. The van der Waals surface area contributed by atoms with Gasteiger partial charge in [0.25, 0.3) is 0 Å². The molecule has 2 aromatic rings. The van der Waals surface area contributed by atoms with Gasteiger partial charge in [0.1, 0.15) is 0 Å². The normalized spacial score (nSPS) is 10.0. The molecule has 1 heterocycles. The van der Waals surface area contributed by atoms with Crippen molar-refractivity contribution in [1.29, 1.82) is 5.26 Å². The average Bonchev–Trinajstić information content (AvgIpc) is 2.92. The van der Waals surface area contributed by atoms with E-state index in [0.29, 0.717) is 11.7 Å². The number of para-hydroxylation sites is 1. The minimum Gasteiger partial charge on any atom is -0.368 e. The first kappa shape index (κ1) is 14.9. The highest BCUT2D eigenvalue weighted by atomic mass is 32.2. The molecule has 1 aromatic heterocycles. The summed E-state index contributed by atoms with van der Waals surface area (Å²) in [6.07, 6.45) is 0.277. The van der Waals surface area contributed by atoms with Gasteiger partial charge in [0.2, 0.25) is 17.0 Å². The number of amides is 1. The molecule has 8 heteroatoms. The van der Waals surface area contributed by atoms with E-state index in [1.54, 1.807) is 4.90 Å². The number of nitriles is 1. The maximum Gasteiger partial charge on any atom is 0.237 e. The molecule has 0 aliphatic rings. The van der Waals surface area contributed by atoms with Gasteiger partial charge in [0.15, 0.2) is 0 Å². The van der Waals surface area contributed by atoms with Gasteiger partial charge >= 0.3 is 0 Å². The van der Waals surface area contributed by atoms with Gasteiger partial charge < -0.3 is 10.6 Å². The van der Waals surface area contributed by atoms with E-state index in [9.17, 15) is 4.79 Å². The van der Waals surface area contributed by atoms with Crippen LogP contribution < -0.4 is 10.6 Å². The molecule has 1 aromatic carbocycles. The topological polar surface area (TPSA) is 112 Å². The van der Waals surface area contributed by atoms with Crippen molar-refractivity contribution in [3.8, 4) is 6.07 Å². The summed E-state index contributed by atoms with van der Waals surface area (Å²) in [4.78, 5) is 17.8. The van der Waals surface area contributed by atoms with Gasteiger partial charge in [-0.1, -0.05) is 30.0 Å². The van der Waals surface area contributed by atoms with Crippen LogP contribution in [0.4, 0.5) is 11.6 Å². The molecule has 0 aliphatic carbocycles. The molecule has 2 rings (SSSR count). The second-order valence-electron chi connectivity index (χ2n) is 4.08. The Hall–Kier alpha value is -2.53. The second kappa shape index (κ2) is 7.31. The standard InChI is InChI=1S/C13H14N6OS/c14-7-4-8-19(10-5-2-1-3-6-10)11(20)9-21-13-16-12(15)17-18-13/h1-3,5-6H,4,8-9H2,(H3,15,16,17,18). The number of hydrogen-bond donors (Lipinski definition) is 2. The Kier molecular flexibility index (Phi) is 5.17. The van der Waals surface area contributed by atoms with Gasteiger partial charge in [-0.05, 0) is 12.1 Å². The van der Waals surface area contributed by atoms with E-state index >= 15 is 0 Å². The Morgan fingerprint density at radius 3 is 2.81 bits per heavy atom. The van der Waals surface area contributed by atoms with Crippen molar-refractivity contribution in [3.05, 3.63) is 30.3 Å². The number of nitrogen functional groups attached to an aromatic ring is 1. The van der Waals surface area contributed by atoms with Crippen LogP contribution in [0.3, 0.4) is 0 Å². The van der Waals surface area contributed by atoms with Gasteiger partial charge in [-0.15, -0.1) is 5.10 Å². The van der Waals surface area contributed by atoms with Crippen LogP contribution in [-0.2, 0) is 4.79 Å². The first-order chi connectivity index (χ1) is 10.2. The summed E-state index contributed by atoms with van der Waals surface area (Å²) in [6, 6.07) is 11.3. The van der Waals surface area contributed by atoms with Crippen molar-refractivity contribution in [1.82, 2.24) is 15.2 Å². The van der Waals surface area contributed by atoms with Crippen LogP contribution >= 0.6 is 11.8 Å². The molecule has 0 atom stereocenters. The molecule has 0 saturated heterocycles. The van der Waals surface area contributed by atoms with Crippen LogP contribution in [-0.4, -0.2) is 33.4 Å². The van der Waals surface area contributed by atoms with Gasteiger partial charge in [-0.2, -0.15) is 10.2 Å². The average molecular weight is 302 g/mol. The molecule has 0 radical (unpaired) electrons. The fourth-order valence-corrected chi connectivity index (χ4v) is 2.38. The molecule has 108 valence electrons. The third-order valence-electron chi connectivity index (χ3n) is 2.62. The molecule has 0 unspecified atom stereocenters. The van der Waals surface area contributed by atoms with Crippen molar-refractivity contribution in [3.63, 3.8) is 0 Å². The predicted molar refractivity (Wildman–Crippen MR) is 80.5 cm³/mol. The molecule has 1 amide bonds. The highest BCUT2D eigenvalue weighted by molar-refractivity contribution is 7.99. The van der Waals surface area contributed by atoms with Crippen LogP contribution in [0.15, 0.2) is 35.5 Å². The monoisotopic (exact) mass is 302 g/mol. The summed E-state index contributed by atoms with van der Waals surface area (Å²) in [5.41, 5.74) is 6.20. The molecule has 3 N–H and O–H groups in total. The van der Waals surface area contributed by atoms with Crippen molar-refractivity contribution >= 4 is 29.3 Å². The summed E-state index contributed by atoms with van der Waals surface area (Å²) in [7, 11) is 0. The lowest BCUT2D eigenvalue weighted by Crippen LogP contribution is -2.33. The third kappa shape index (κ3) is 4.22. The van der Waals surface area contributed by atoms with E-state index < -0.39 is 0 Å². The number of hydrogen-bond acceptors (Lipinski definition) is 6. The molecular formula is C13H14N6OS. The van der Waals surface area contributed by atoms with Gasteiger partial charge in [0.05, 0.1) is 18.2 Å². The van der Waals surface area contributed by atoms with Crippen LogP contribution in [0.2, 0.25) is 0 Å². The molecular weight excluding hydrogens is 288 g/mol. The van der Waals surface area contributed by atoms with Crippen LogP contribution in [0.25, 0.3) is 0 Å². The Morgan fingerprint density at radius 2 is 2.19 bits per heavy atom. The number of thioether (sulfide) groups is 1. The Bertz CT molecular complexity index is 636. The van der Waals surface area contributed by atoms with E-state index in [1.807, 2.05) is 30.3 Å². The first-order valence-corrected chi connectivity index (χ1v) is 7.22. The highest BCUT2D eigenvalue weighted by Gasteiger charge is 2.16. The Labute approximate surface area is 126 Å². The summed E-state index contributed by atoms with van der Waals surface area (Å²) in [5.74, 6) is 0.289. The molecule has 0 saturated carbocycles. The number of rotatable bonds is 6. The van der Waals surface area contributed by atoms with Crippen LogP contribution in [0.5, 0.6) is 0 Å². The lowest BCUT2D eigenvalue weighted by molar-refractivity contribution is -0.116. The third-order valence-corrected chi connectivity index (χ3v) is 3.46. The number of H-pyrrole nitrogens is 1. The van der Waals surface area contributed by atoms with Crippen molar-refractivity contribution < 1.29 is 4.79 Å². The molecule has 0 spiro atoms. The number of benzene rings is 1. The van der Waals surface area contributed by atoms with E-state index in [4.69, 9.17) is 11.0 Å². The fourth-order valence-electron chi connectivity index (χ4n) is 1.69. The summed E-state index contributed by atoms with van der Waals surface area (Å²) in [6.45, 7) is 0.357. The first-order valence-electron chi connectivity index (χ1n) is 6.23. The maximum absolute atomic E-state index is 12.3. The molecule has 7 nitrogen and oxygen atoms in total. The zero-order valence-corrected chi connectivity index (χ0v) is 12.0. The number of carbonyl (C=O) groups is 1. The van der Waals surface area contributed by atoms with Gasteiger partial charge in [-0.25, -0.2) is 5.10 Å². The summed E-state index contributed by atoms with van der Waals surface area (Å²) in [5, 5.41) is 15.5. The maximum atomic E-state index is 12.3. The lowest BCUT2D eigenvalue weighted by Gasteiger charge is -2.21. The summed E-state index contributed by atoms with van der Waals surface area (Å²) >= 11 is 1.20. The van der Waals surface area contributed by atoms with Crippen molar-refractivity contribution in [2.45, 2.75) is 11.6 Å². The van der Waals surface area contributed by atoms with E-state index in [-0.39, 0.29) is 24.0 Å². The van der Waals surface area contributed by atoms with E-state index in [1.165, 1.54) is 11.8 Å². The fraction of sp³-hybridized carbons (Fsp3) is 0.231. The quantitative estimate of drug-likeness (QED) is 0.781. The van der Waals surface area contributed by atoms with Crippen molar-refractivity contribution in [2.24, 2.45) is 0 Å². The number of aromatic amines is 1. The Balaban J connectivity index is 2.02. The van der Waals surface area contributed by atoms with Crippen molar-refractivity contribution in [2.75, 3.05) is 22.9 Å². The number of nitrogens with zero attached hydrogens (tertiary/aromatic N) is 4. The van der Waals surface area contributed by atoms with E-state index in [2.05, 4.69) is 21.3 Å². The van der Waals surface area contributed by atoms with Gasteiger partial charge in [-0.3, -0.25) is 4.79 Å². The zero-order valence-electron chi connectivity index (χ0n) is 11.2. The number of anilines is 2. The molecule has 21 heavy (non-hydrogen) atoms. The minimum atomic E-state index is -0.107. The summed E-state index contributed by atoms with van der Waals surface area (Å²) < 4.78 is 0. The largest absolute Gasteiger partial charge is 0.368 e. The lowest BCUT2D eigenvalue weighted by atomic mass is 10.2. The highest BCUT2D eigenvalue weighted by Crippen LogP contribution is 2.18. The zero-order chi connectivity index (χ0) is 15.1. The molecule has 0 bridgehead atoms. The smallest absolute Gasteiger partial charge is 0.237 e. The SMILES string of the molecule is N#CCCN(C(=O)CSc1n[nH]c(N)n1)c1ccccc1. The number of nitrogens with one attached hydrogen (secondary N) is 1. The van der Waals surface area contributed by atoms with E-state index in [0.717, 1.165) is 5.69 Å². The number of aromatic nitrogens is 3.